The number of alkyl halides is 3. The molecule has 0 fully saturated rings. The Bertz CT molecular complexity index is 498. The van der Waals surface area contributed by atoms with Gasteiger partial charge in [0.1, 0.15) is 5.75 Å². The zero-order valence-electron chi connectivity index (χ0n) is 10.1. The number of nitrogens with zero attached hydrogens (tertiary/aromatic N) is 2. The maximum Gasteiger partial charge on any atom is 0.573 e. The molecule has 0 aliphatic carbocycles. The second-order valence-corrected chi connectivity index (χ2v) is 3.80. The molecule has 0 aliphatic heterocycles. The van der Waals surface area contributed by atoms with E-state index in [4.69, 9.17) is 0 Å². The Labute approximate surface area is 107 Å². The van der Waals surface area contributed by atoms with Crippen molar-refractivity contribution in [2.45, 2.75) is 6.36 Å². The third-order valence-corrected chi connectivity index (χ3v) is 1.98. The molecular formula is C11H11F3N2O3. The normalized spacial score (nSPS) is 11.6. The highest BCUT2D eigenvalue weighted by Gasteiger charge is 2.31. The highest BCUT2D eigenvalue weighted by atomic mass is 19.4. The number of hydrogen-bond donors (Lipinski definition) is 0. The fourth-order valence-electron chi connectivity index (χ4n) is 1.25. The summed E-state index contributed by atoms with van der Waals surface area (Å²) in [6.07, 6.45) is -1.91. The lowest BCUT2D eigenvalue weighted by atomic mass is 10.1. The molecular weight excluding hydrogens is 265 g/mol. The fourth-order valence-corrected chi connectivity index (χ4v) is 1.25. The standard InChI is InChI=1S/C11H11F3N2O3/c1-15(2)6-5-8-3-4-9(19-11(12,13)14)7-10(8)16(17)18/h3-7H,1-2H3/b6-5+. The van der Waals surface area contributed by atoms with Crippen LogP contribution >= 0.6 is 0 Å². The molecule has 0 saturated heterocycles. The topological polar surface area (TPSA) is 55.6 Å². The Kier molecular flexibility index (Phi) is 4.36. The highest BCUT2D eigenvalue weighted by molar-refractivity contribution is 5.62. The molecule has 0 saturated carbocycles. The van der Waals surface area contributed by atoms with E-state index in [1.54, 1.807) is 25.2 Å². The smallest absolute Gasteiger partial charge is 0.406 e. The Morgan fingerprint density at radius 3 is 2.47 bits per heavy atom. The molecule has 19 heavy (non-hydrogen) atoms. The number of hydrogen-bond acceptors (Lipinski definition) is 4. The second kappa shape index (κ2) is 5.59. The van der Waals surface area contributed by atoms with Crippen molar-refractivity contribution in [3.05, 3.63) is 40.1 Å². The SMILES string of the molecule is CN(C)/C=C/c1ccc(OC(F)(F)F)cc1[N+](=O)[O-]. The third kappa shape index (κ3) is 4.86. The molecule has 0 N–H and O–H groups in total. The number of nitro benzene ring substituents is 1. The van der Waals surface area contributed by atoms with Gasteiger partial charge in [0, 0.05) is 14.1 Å². The predicted octanol–water partition coefficient (Wildman–Crippen LogP) is 3.03. The van der Waals surface area contributed by atoms with Crippen molar-refractivity contribution >= 4 is 11.8 Å². The molecule has 1 aromatic carbocycles. The van der Waals surface area contributed by atoms with Crippen LogP contribution in [0.2, 0.25) is 0 Å². The Balaban J connectivity index is 3.12. The maximum atomic E-state index is 12.0. The van der Waals surface area contributed by atoms with E-state index in [0.717, 1.165) is 12.1 Å². The number of benzene rings is 1. The zero-order valence-corrected chi connectivity index (χ0v) is 10.1. The van der Waals surface area contributed by atoms with Crippen molar-refractivity contribution in [2.24, 2.45) is 0 Å². The Morgan fingerprint density at radius 1 is 1.37 bits per heavy atom. The lowest BCUT2D eigenvalue weighted by Gasteiger charge is -2.09. The highest BCUT2D eigenvalue weighted by Crippen LogP contribution is 2.29. The van der Waals surface area contributed by atoms with Crippen molar-refractivity contribution in [2.75, 3.05) is 14.1 Å². The van der Waals surface area contributed by atoms with Gasteiger partial charge in [-0.2, -0.15) is 0 Å². The Hall–Kier alpha value is -2.25. The first-order valence-electron chi connectivity index (χ1n) is 5.08. The summed E-state index contributed by atoms with van der Waals surface area (Å²) in [4.78, 5) is 11.7. The van der Waals surface area contributed by atoms with E-state index in [1.807, 2.05) is 0 Å². The maximum absolute atomic E-state index is 12.0. The van der Waals surface area contributed by atoms with Gasteiger partial charge in [0.15, 0.2) is 0 Å². The summed E-state index contributed by atoms with van der Waals surface area (Å²) in [5.74, 6) is -0.624. The van der Waals surface area contributed by atoms with Gasteiger partial charge in [-0.1, -0.05) is 0 Å². The van der Waals surface area contributed by atoms with E-state index in [1.165, 1.54) is 12.1 Å². The third-order valence-electron chi connectivity index (χ3n) is 1.98. The van der Waals surface area contributed by atoms with Crippen molar-refractivity contribution in [1.29, 1.82) is 0 Å². The number of nitro groups is 1. The first-order valence-corrected chi connectivity index (χ1v) is 5.08. The molecule has 104 valence electrons. The van der Waals surface area contributed by atoms with Gasteiger partial charge in [0.2, 0.25) is 0 Å². The van der Waals surface area contributed by atoms with Gasteiger partial charge in [-0.05, 0) is 24.4 Å². The van der Waals surface area contributed by atoms with Gasteiger partial charge in [-0.25, -0.2) is 0 Å². The second-order valence-electron chi connectivity index (χ2n) is 3.80. The van der Waals surface area contributed by atoms with Crippen LogP contribution in [0.4, 0.5) is 18.9 Å². The molecule has 0 spiro atoms. The van der Waals surface area contributed by atoms with Gasteiger partial charge in [0.25, 0.3) is 5.69 Å². The molecule has 0 heterocycles. The van der Waals surface area contributed by atoms with E-state index in [0.29, 0.717) is 0 Å². The summed E-state index contributed by atoms with van der Waals surface area (Å²) < 4.78 is 39.7. The minimum absolute atomic E-state index is 0.188. The molecule has 0 atom stereocenters. The lowest BCUT2D eigenvalue weighted by molar-refractivity contribution is -0.385. The predicted molar refractivity (Wildman–Crippen MR) is 62.5 cm³/mol. The average Bonchev–Trinajstić information content (AvgIpc) is 2.24. The average molecular weight is 276 g/mol. The minimum Gasteiger partial charge on any atom is -0.406 e. The van der Waals surface area contributed by atoms with Crippen LogP contribution in [0.5, 0.6) is 5.75 Å². The summed E-state index contributed by atoms with van der Waals surface area (Å²) in [5.41, 5.74) is -0.270. The lowest BCUT2D eigenvalue weighted by Crippen LogP contribution is -2.17. The molecule has 0 amide bonds. The van der Waals surface area contributed by atoms with Crippen LogP contribution in [0.1, 0.15) is 5.56 Å². The summed E-state index contributed by atoms with van der Waals surface area (Å²) >= 11 is 0. The number of ether oxygens (including phenoxy) is 1. The molecule has 0 radical (unpaired) electrons. The summed E-state index contributed by atoms with van der Waals surface area (Å²) in [6, 6.07) is 2.96. The zero-order chi connectivity index (χ0) is 14.6. The first kappa shape index (κ1) is 14.8. The molecule has 0 unspecified atom stereocenters. The van der Waals surface area contributed by atoms with Crippen LogP contribution < -0.4 is 4.74 Å². The van der Waals surface area contributed by atoms with Gasteiger partial charge < -0.3 is 9.64 Å². The van der Waals surface area contributed by atoms with E-state index in [2.05, 4.69) is 4.74 Å². The van der Waals surface area contributed by atoms with Crippen LogP contribution in [0.25, 0.3) is 6.08 Å². The van der Waals surface area contributed by atoms with E-state index in [-0.39, 0.29) is 5.56 Å². The van der Waals surface area contributed by atoms with Crippen molar-refractivity contribution in [3.8, 4) is 5.75 Å². The molecule has 8 heteroatoms. The van der Waals surface area contributed by atoms with Crippen molar-refractivity contribution < 1.29 is 22.8 Å². The van der Waals surface area contributed by atoms with Gasteiger partial charge in [0.05, 0.1) is 16.6 Å². The van der Waals surface area contributed by atoms with E-state index < -0.39 is 22.7 Å². The summed E-state index contributed by atoms with van der Waals surface area (Å²) in [7, 11) is 3.42. The van der Waals surface area contributed by atoms with Crippen LogP contribution in [0, 0.1) is 10.1 Å². The van der Waals surface area contributed by atoms with Crippen LogP contribution in [0.15, 0.2) is 24.4 Å². The van der Waals surface area contributed by atoms with Gasteiger partial charge in [-0.3, -0.25) is 10.1 Å². The van der Waals surface area contributed by atoms with Gasteiger partial charge >= 0.3 is 6.36 Å². The molecule has 0 aromatic heterocycles. The fraction of sp³-hybridized carbons (Fsp3) is 0.273. The molecule has 0 aliphatic rings. The van der Waals surface area contributed by atoms with Crippen LogP contribution in [0.3, 0.4) is 0 Å². The number of halogens is 3. The molecule has 5 nitrogen and oxygen atoms in total. The largest absolute Gasteiger partial charge is 0.573 e. The first-order chi connectivity index (χ1) is 8.69. The minimum atomic E-state index is -4.88. The van der Waals surface area contributed by atoms with Crippen molar-refractivity contribution in [3.63, 3.8) is 0 Å². The van der Waals surface area contributed by atoms with Crippen LogP contribution in [-0.4, -0.2) is 30.3 Å². The molecule has 0 bridgehead atoms. The van der Waals surface area contributed by atoms with Crippen LogP contribution in [-0.2, 0) is 0 Å². The monoisotopic (exact) mass is 276 g/mol. The van der Waals surface area contributed by atoms with E-state index in [9.17, 15) is 23.3 Å². The molecule has 1 aromatic rings. The summed E-state index contributed by atoms with van der Waals surface area (Å²) in [5, 5.41) is 10.8. The molecule has 1 rings (SSSR count). The Morgan fingerprint density at radius 2 is 2.00 bits per heavy atom. The number of rotatable bonds is 4. The van der Waals surface area contributed by atoms with Crippen molar-refractivity contribution in [1.82, 2.24) is 4.90 Å². The van der Waals surface area contributed by atoms with Gasteiger partial charge in [-0.15, -0.1) is 13.2 Å². The quantitative estimate of drug-likeness (QED) is 0.626. The van der Waals surface area contributed by atoms with E-state index >= 15 is 0 Å². The summed E-state index contributed by atoms with van der Waals surface area (Å²) in [6.45, 7) is 0.